The van der Waals surface area contributed by atoms with Crippen molar-refractivity contribution in [3.63, 3.8) is 0 Å². The zero-order chi connectivity index (χ0) is 14.2. The number of aliphatic hydroxyl groups excluding tert-OH is 1. The first-order chi connectivity index (χ1) is 8.31. The number of ether oxygens (including phenoxy) is 2. The largest absolute Gasteiger partial charge is 0.396 e. The van der Waals surface area contributed by atoms with Crippen LogP contribution in [0.1, 0.15) is 34.1 Å². The normalized spacial score (nSPS) is 12.4. The van der Waals surface area contributed by atoms with Crippen molar-refractivity contribution >= 4 is 0 Å². The van der Waals surface area contributed by atoms with Crippen LogP contribution in [-0.4, -0.2) is 48.6 Å². The molecule has 0 fully saturated rings. The molecule has 0 aliphatic rings. The molecular formula is C12H25NO5. The molecule has 0 unspecified atom stereocenters. The Morgan fingerprint density at radius 2 is 1.61 bits per heavy atom. The summed E-state index contributed by atoms with van der Waals surface area (Å²) in [5, 5.41) is 20.0. The Kier molecular flexibility index (Phi) is 8.06. The van der Waals surface area contributed by atoms with Crippen molar-refractivity contribution in [2.45, 2.75) is 46.3 Å². The summed E-state index contributed by atoms with van der Waals surface area (Å²) < 4.78 is 11.0. The van der Waals surface area contributed by atoms with Crippen molar-refractivity contribution < 1.29 is 19.5 Å². The van der Waals surface area contributed by atoms with E-state index in [2.05, 4.69) is 0 Å². The van der Waals surface area contributed by atoms with Crippen LogP contribution in [0.3, 0.4) is 0 Å². The van der Waals surface area contributed by atoms with E-state index in [0.717, 1.165) is 0 Å². The fourth-order valence-corrected chi connectivity index (χ4v) is 1.37. The molecule has 0 aromatic heterocycles. The molecule has 0 heterocycles. The van der Waals surface area contributed by atoms with Crippen molar-refractivity contribution in [3.05, 3.63) is 10.1 Å². The van der Waals surface area contributed by atoms with Crippen LogP contribution in [0.5, 0.6) is 0 Å². The van der Waals surface area contributed by atoms with E-state index in [0.29, 0.717) is 0 Å². The first-order valence-electron chi connectivity index (χ1n) is 6.27. The van der Waals surface area contributed by atoms with E-state index in [4.69, 9.17) is 9.47 Å². The van der Waals surface area contributed by atoms with Crippen LogP contribution >= 0.6 is 0 Å². The Morgan fingerprint density at radius 3 is 1.89 bits per heavy atom. The SMILES string of the molecule is CC(C)OCC(CO)(CC[N+](=O)[O-])COC(C)C. The number of aliphatic hydroxyl groups is 1. The average molecular weight is 263 g/mol. The standard InChI is InChI=1S/C12H25NO5/c1-10(2)17-8-12(7-14,5-6-13(15)16)9-18-11(3)4/h10-11,14H,5-9H2,1-4H3. The average Bonchev–Trinajstić information content (AvgIpc) is 2.28. The van der Waals surface area contributed by atoms with E-state index < -0.39 is 5.41 Å². The van der Waals surface area contributed by atoms with Gasteiger partial charge in [0.1, 0.15) is 0 Å². The minimum atomic E-state index is -0.693. The second-order valence-corrected chi connectivity index (χ2v) is 5.18. The van der Waals surface area contributed by atoms with Crippen LogP contribution in [-0.2, 0) is 9.47 Å². The van der Waals surface area contributed by atoms with Gasteiger partial charge in [0.15, 0.2) is 0 Å². The molecule has 0 aromatic carbocycles. The third kappa shape index (κ3) is 7.58. The maximum absolute atomic E-state index is 10.5. The molecule has 0 radical (unpaired) electrons. The molecular weight excluding hydrogens is 238 g/mol. The van der Waals surface area contributed by atoms with Crippen molar-refractivity contribution in [1.82, 2.24) is 0 Å². The molecule has 0 spiro atoms. The topological polar surface area (TPSA) is 81.8 Å². The van der Waals surface area contributed by atoms with Gasteiger partial charge in [0.05, 0.1) is 32.0 Å². The summed E-state index contributed by atoms with van der Waals surface area (Å²) in [7, 11) is 0. The van der Waals surface area contributed by atoms with Crippen molar-refractivity contribution in [1.29, 1.82) is 0 Å². The molecule has 0 saturated heterocycles. The Hall–Kier alpha value is -0.720. The summed E-state index contributed by atoms with van der Waals surface area (Å²) in [6.07, 6.45) is 0.284. The second-order valence-electron chi connectivity index (χ2n) is 5.18. The molecule has 0 bridgehead atoms. The molecule has 0 rings (SSSR count). The lowest BCUT2D eigenvalue weighted by molar-refractivity contribution is -0.483. The zero-order valence-corrected chi connectivity index (χ0v) is 11.7. The molecule has 1 N–H and O–H groups in total. The lowest BCUT2D eigenvalue weighted by Gasteiger charge is -2.31. The van der Waals surface area contributed by atoms with Gasteiger partial charge in [0.25, 0.3) is 0 Å². The Balaban J connectivity index is 4.54. The zero-order valence-electron chi connectivity index (χ0n) is 11.7. The third-order valence-electron chi connectivity index (χ3n) is 2.61. The molecule has 0 saturated carbocycles. The highest BCUT2D eigenvalue weighted by atomic mass is 16.6. The van der Waals surface area contributed by atoms with Crippen LogP contribution < -0.4 is 0 Å². The summed E-state index contributed by atoms with van der Waals surface area (Å²) in [4.78, 5) is 10.1. The van der Waals surface area contributed by atoms with Gasteiger partial charge in [0, 0.05) is 16.8 Å². The van der Waals surface area contributed by atoms with Crippen molar-refractivity contribution in [3.8, 4) is 0 Å². The number of rotatable bonds is 10. The van der Waals surface area contributed by atoms with Gasteiger partial charge in [0.2, 0.25) is 6.54 Å². The van der Waals surface area contributed by atoms with E-state index >= 15 is 0 Å². The second kappa shape index (κ2) is 8.39. The summed E-state index contributed by atoms with van der Waals surface area (Å²) in [6, 6.07) is 0. The van der Waals surface area contributed by atoms with Gasteiger partial charge >= 0.3 is 0 Å². The van der Waals surface area contributed by atoms with E-state index in [1.165, 1.54) is 0 Å². The van der Waals surface area contributed by atoms with Crippen LogP contribution in [0.4, 0.5) is 0 Å². The summed E-state index contributed by atoms with van der Waals surface area (Å²) in [5.74, 6) is 0. The molecule has 0 atom stereocenters. The van der Waals surface area contributed by atoms with Gasteiger partial charge in [-0.05, 0) is 27.7 Å². The number of nitrogens with zero attached hydrogens (tertiary/aromatic N) is 1. The Bertz CT molecular complexity index is 231. The molecule has 0 amide bonds. The highest BCUT2D eigenvalue weighted by Gasteiger charge is 2.33. The minimum absolute atomic E-state index is 0.0191. The van der Waals surface area contributed by atoms with Gasteiger partial charge in [-0.25, -0.2) is 0 Å². The maximum Gasteiger partial charge on any atom is 0.204 e. The fourth-order valence-electron chi connectivity index (χ4n) is 1.37. The predicted molar refractivity (Wildman–Crippen MR) is 68.2 cm³/mol. The van der Waals surface area contributed by atoms with E-state index in [1.807, 2.05) is 27.7 Å². The lowest BCUT2D eigenvalue weighted by atomic mass is 9.87. The van der Waals surface area contributed by atoms with Crippen LogP contribution in [0, 0.1) is 15.5 Å². The highest BCUT2D eigenvalue weighted by Crippen LogP contribution is 2.24. The smallest absolute Gasteiger partial charge is 0.204 e. The van der Waals surface area contributed by atoms with Gasteiger partial charge < -0.3 is 14.6 Å². The monoisotopic (exact) mass is 263 g/mol. The van der Waals surface area contributed by atoms with Gasteiger partial charge in [-0.15, -0.1) is 0 Å². The first-order valence-corrected chi connectivity index (χ1v) is 6.27. The van der Waals surface area contributed by atoms with Crippen LogP contribution in [0.2, 0.25) is 0 Å². The fraction of sp³-hybridized carbons (Fsp3) is 1.00. The molecule has 0 aromatic rings. The summed E-state index contributed by atoms with van der Waals surface area (Å²) in [6.45, 7) is 7.71. The van der Waals surface area contributed by atoms with Crippen LogP contribution in [0.15, 0.2) is 0 Å². The maximum atomic E-state index is 10.5. The van der Waals surface area contributed by atoms with Crippen molar-refractivity contribution in [2.24, 2.45) is 5.41 Å². The Labute approximate surface area is 108 Å². The minimum Gasteiger partial charge on any atom is -0.396 e. The van der Waals surface area contributed by atoms with E-state index in [-0.39, 0.29) is 49.9 Å². The van der Waals surface area contributed by atoms with Gasteiger partial charge in [-0.3, -0.25) is 10.1 Å². The molecule has 18 heavy (non-hydrogen) atoms. The molecule has 108 valence electrons. The first kappa shape index (κ1) is 17.3. The third-order valence-corrected chi connectivity index (χ3v) is 2.61. The Morgan fingerprint density at radius 1 is 1.17 bits per heavy atom. The summed E-state index contributed by atoms with van der Waals surface area (Å²) >= 11 is 0. The summed E-state index contributed by atoms with van der Waals surface area (Å²) in [5.41, 5.74) is -0.693. The lowest BCUT2D eigenvalue weighted by Crippen LogP contribution is -2.39. The van der Waals surface area contributed by atoms with Crippen LogP contribution in [0.25, 0.3) is 0 Å². The molecule has 0 aliphatic carbocycles. The quantitative estimate of drug-likeness (QED) is 0.477. The number of hydrogen-bond donors (Lipinski definition) is 1. The predicted octanol–water partition coefficient (Wildman–Crippen LogP) is 1.48. The number of nitro groups is 1. The van der Waals surface area contributed by atoms with Crippen molar-refractivity contribution in [2.75, 3.05) is 26.4 Å². The molecule has 6 nitrogen and oxygen atoms in total. The highest BCUT2D eigenvalue weighted by molar-refractivity contribution is 4.79. The van der Waals surface area contributed by atoms with Gasteiger partial charge in [-0.2, -0.15) is 0 Å². The molecule has 6 heteroatoms. The molecule has 0 aliphatic heterocycles. The van der Waals surface area contributed by atoms with E-state index in [9.17, 15) is 15.2 Å². The number of hydrogen-bond acceptors (Lipinski definition) is 5. The van der Waals surface area contributed by atoms with E-state index in [1.54, 1.807) is 0 Å². The van der Waals surface area contributed by atoms with Gasteiger partial charge in [-0.1, -0.05) is 0 Å².